The van der Waals surface area contributed by atoms with Crippen molar-refractivity contribution in [2.75, 3.05) is 26.7 Å². The molecule has 1 atom stereocenters. The van der Waals surface area contributed by atoms with Gasteiger partial charge in [0.15, 0.2) is 0 Å². The lowest BCUT2D eigenvalue weighted by Gasteiger charge is -2.32. The fraction of sp³-hybridized carbons (Fsp3) is 0.923. The van der Waals surface area contributed by atoms with Crippen molar-refractivity contribution >= 4 is 5.84 Å². The third kappa shape index (κ3) is 2.57. The zero-order valence-electron chi connectivity index (χ0n) is 10.7. The lowest BCUT2D eigenvalue weighted by Crippen LogP contribution is -2.44. The summed E-state index contributed by atoms with van der Waals surface area (Å²) in [7, 11) is 2.19. The second-order valence-corrected chi connectivity index (χ2v) is 5.52. The summed E-state index contributed by atoms with van der Waals surface area (Å²) in [5.74, 6) is 1.49. The lowest BCUT2D eigenvalue weighted by molar-refractivity contribution is 0.276. The maximum absolute atomic E-state index is 8.38. The molecule has 0 amide bonds. The Balaban J connectivity index is 1.98. The van der Waals surface area contributed by atoms with Crippen LogP contribution >= 0.6 is 0 Å². The maximum atomic E-state index is 8.38. The van der Waals surface area contributed by atoms with Gasteiger partial charge in [0.2, 0.25) is 0 Å². The molecule has 1 aliphatic heterocycles. The van der Waals surface area contributed by atoms with E-state index >= 15 is 0 Å². The van der Waals surface area contributed by atoms with Gasteiger partial charge in [0.1, 0.15) is 0 Å². The van der Waals surface area contributed by atoms with Gasteiger partial charge in [-0.15, -0.1) is 0 Å². The molecule has 1 saturated carbocycles. The minimum absolute atomic E-state index is 0.514. The Morgan fingerprint density at radius 2 is 1.81 bits per heavy atom. The third-order valence-corrected chi connectivity index (χ3v) is 4.10. The quantitative estimate of drug-likeness (QED) is 0.545. The summed E-state index contributed by atoms with van der Waals surface area (Å²) < 4.78 is 0. The summed E-state index contributed by atoms with van der Waals surface area (Å²) in [4.78, 5) is 4.76. The van der Waals surface area contributed by atoms with Gasteiger partial charge in [0, 0.05) is 25.0 Å². The maximum Gasteiger partial charge on any atom is 0.0992 e. The summed E-state index contributed by atoms with van der Waals surface area (Å²) in [5, 5.41) is 8.38. The molecular formula is C13H25N3. The van der Waals surface area contributed by atoms with Crippen molar-refractivity contribution < 1.29 is 0 Å². The van der Waals surface area contributed by atoms with Crippen LogP contribution < -0.4 is 0 Å². The van der Waals surface area contributed by atoms with Crippen molar-refractivity contribution in [1.82, 2.24) is 9.80 Å². The summed E-state index contributed by atoms with van der Waals surface area (Å²) >= 11 is 0. The van der Waals surface area contributed by atoms with Crippen LogP contribution in [0.2, 0.25) is 0 Å². The van der Waals surface area contributed by atoms with Crippen molar-refractivity contribution in [3.63, 3.8) is 0 Å². The van der Waals surface area contributed by atoms with E-state index in [2.05, 4.69) is 23.8 Å². The van der Waals surface area contributed by atoms with E-state index in [4.69, 9.17) is 5.41 Å². The van der Waals surface area contributed by atoms with E-state index in [1.165, 1.54) is 38.6 Å². The smallest absolute Gasteiger partial charge is 0.0992 e. The zero-order valence-corrected chi connectivity index (χ0v) is 10.7. The minimum atomic E-state index is 0.514. The van der Waals surface area contributed by atoms with E-state index in [0.29, 0.717) is 12.0 Å². The van der Waals surface area contributed by atoms with Gasteiger partial charge in [-0.25, -0.2) is 0 Å². The molecule has 1 unspecified atom stereocenters. The summed E-state index contributed by atoms with van der Waals surface area (Å²) in [6, 6.07) is 0.514. The number of hydrogen-bond acceptors (Lipinski definition) is 2. The van der Waals surface area contributed by atoms with E-state index in [9.17, 15) is 0 Å². The molecule has 1 N–H and O–H groups in total. The van der Waals surface area contributed by atoms with Gasteiger partial charge in [-0.2, -0.15) is 0 Å². The molecule has 2 aliphatic rings. The van der Waals surface area contributed by atoms with Gasteiger partial charge in [0.25, 0.3) is 0 Å². The molecule has 0 bridgehead atoms. The highest BCUT2D eigenvalue weighted by Crippen LogP contribution is 2.28. The molecule has 0 aromatic heterocycles. The molecule has 3 heteroatoms. The van der Waals surface area contributed by atoms with E-state index in [-0.39, 0.29) is 0 Å². The van der Waals surface area contributed by atoms with Crippen molar-refractivity contribution in [1.29, 1.82) is 5.41 Å². The first-order valence-corrected chi connectivity index (χ1v) is 6.72. The van der Waals surface area contributed by atoms with Crippen LogP contribution in [-0.4, -0.2) is 48.4 Å². The predicted molar refractivity (Wildman–Crippen MR) is 68.0 cm³/mol. The van der Waals surface area contributed by atoms with E-state index in [1.54, 1.807) is 0 Å². The van der Waals surface area contributed by atoms with Gasteiger partial charge in [-0.3, -0.25) is 5.41 Å². The van der Waals surface area contributed by atoms with Crippen LogP contribution in [-0.2, 0) is 0 Å². The first-order valence-electron chi connectivity index (χ1n) is 6.72. The van der Waals surface area contributed by atoms with Gasteiger partial charge >= 0.3 is 0 Å². The zero-order chi connectivity index (χ0) is 11.5. The number of likely N-dealkylation sites (N-methyl/N-ethyl adjacent to an activating group) is 1. The van der Waals surface area contributed by atoms with Gasteiger partial charge in [-0.1, -0.05) is 12.8 Å². The molecule has 2 rings (SSSR count). The summed E-state index contributed by atoms with van der Waals surface area (Å²) in [6.45, 7) is 5.64. The average Bonchev–Trinajstić information content (AvgIpc) is 2.71. The Hall–Kier alpha value is -0.570. The lowest BCUT2D eigenvalue weighted by atomic mass is 10.0. The largest absolute Gasteiger partial charge is 0.356 e. The molecule has 16 heavy (non-hydrogen) atoms. The topological polar surface area (TPSA) is 30.3 Å². The molecule has 2 fully saturated rings. The number of nitrogens with zero attached hydrogens (tertiary/aromatic N) is 2. The van der Waals surface area contributed by atoms with Gasteiger partial charge < -0.3 is 9.80 Å². The molecule has 92 valence electrons. The fourth-order valence-corrected chi connectivity index (χ4v) is 3.16. The Morgan fingerprint density at radius 3 is 2.50 bits per heavy atom. The van der Waals surface area contributed by atoms with Crippen molar-refractivity contribution in [2.24, 2.45) is 5.92 Å². The van der Waals surface area contributed by atoms with Crippen LogP contribution in [0.25, 0.3) is 0 Å². The first kappa shape index (κ1) is 11.9. The second-order valence-electron chi connectivity index (χ2n) is 5.52. The SMILES string of the molecule is CC1CN(C)CCCN1C(=N)C1CCCC1. The number of hydrogen-bond donors (Lipinski definition) is 1. The van der Waals surface area contributed by atoms with Gasteiger partial charge in [0.05, 0.1) is 5.84 Å². The first-order chi connectivity index (χ1) is 7.68. The summed E-state index contributed by atoms with van der Waals surface area (Å²) in [5.41, 5.74) is 0. The highest BCUT2D eigenvalue weighted by molar-refractivity contribution is 5.82. The fourth-order valence-electron chi connectivity index (χ4n) is 3.16. The van der Waals surface area contributed by atoms with Crippen LogP contribution in [0.4, 0.5) is 0 Å². The van der Waals surface area contributed by atoms with Crippen LogP contribution in [0.5, 0.6) is 0 Å². The van der Waals surface area contributed by atoms with Crippen LogP contribution in [0.1, 0.15) is 39.0 Å². The monoisotopic (exact) mass is 223 g/mol. The highest BCUT2D eigenvalue weighted by atomic mass is 15.3. The standard InChI is InChI=1S/C13H25N3/c1-11-10-15(2)8-5-9-16(11)13(14)12-6-3-4-7-12/h11-12,14H,3-10H2,1-2H3. The average molecular weight is 223 g/mol. The molecule has 1 heterocycles. The molecule has 0 radical (unpaired) electrons. The molecular weight excluding hydrogens is 198 g/mol. The van der Waals surface area contributed by atoms with Crippen LogP contribution in [0.15, 0.2) is 0 Å². The predicted octanol–water partition coefficient (Wildman–Crippen LogP) is 2.18. The highest BCUT2D eigenvalue weighted by Gasteiger charge is 2.28. The molecule has 3 nitrogen and oxygen atoms in total. The number of amidine groups is 1. The molecule has 0 aromatic carbocycles. The molecule has 0 spiro atoms. The number of rotatable bonds is 1. The van der Waals surface area contributed by atoms with E-state index < -0.39 is 0 Å². The van der Waals surface area contributed by atoms with E-state index in [1.807, 2.05) is 0 Å². The number of nitrogens with one attached hydrogen (secondary N) is 1. The van der Waals surface area contributed by atoms with Crippen LogP contribution in [0.3, 0.4) is 0 Å². The van der Waals surface area contributed by atoms with Crippen LogP contribution in [0, 0.1) is 11.3 Å². The minimum Gasteiger partial charge on any atom is -0.356 e. The molecule has 0 aromatic rings. The van der Waals surface area contributed by atoms with E-state index in [0.717, 1.165) is 18.9 Å². The summed E-state index contributed by atoms with van der Waals surface area (Å²) in [6.07, 6.45) is 6.36. The second kappa shape index (κ2) is 5.17. The normalized spacial score (nSPS) is 29.4. The van der Waals surface area contributed by atoms with Crippen molar-refractivity contribution in [3.05, 3.63) is 0 Å². The Bertz CT molecular complexity index is 246. The Morgan fingerprint density at radius 1 is 1.12 bits per heavy atom. The van der Waals surface area contributed by atoms with Crippen molar-refractivity contribution in [2.45, 2.75) is 45.1 Å². The van der Waals surface area contributed by atoms with Crippen molar-refractivity contribution in [3.8, 4) is 0 Å². The Labute approximate surface area is 99.3 Å². The third-order valence-electron chi connectivity index (χ3n) is 4.10. The molecule has 1 saturated heterocycles. The Kier molecular flexibility index (Phi) is 3.85. The van der Waals surface area contributed by atoms with Gasteiger partial charge in [-0.05, 0) is 39.8 Å². The molecule has 1 aliphatic carbocycles.